The Morgan fingerprint density at radius 1 is 1.11 bits per heavy atom. The standard InChI is InChI=1S/C20H17N3O5/c24-18(9-6-14-2-1-3-17(12-14)23(27)28)21-16-7-4-15(5-8-16)13-22-19(25)10-11-20(22)26/h1-9,12H,10-11,13H2,(H,21,24). The van der Waals surface area contributed by atoms with Crippen LogP contribution < -0.4 is 5.32 Å². The van der Waals surface area contributed by atoms with Crippen LogP contribution in [0.4, 0.5) is 11.4 Å². The highest BCUT2D eigenvalue weighted by Gasteiger charge is 2.28. The average molecular weight is 379 g/mol. The number of amides is 3. The molecule has 0 radical (unpaired) electrons. The lowest BCUT2D eigenvalue weighted by Crippen LogP contribution is -2.28. The van der Waals surface area contributed by atoms with Gasteiger partial charge in [0.15, 0.2) is 0 Å². The number of nitrogens with one attached hydrogen (secondary N) is 1. The van der Waals surface area contributed by atoms with Crippen LogP contribution in [0.5, 0.6) is 0 Å². The second-order valence-corrected chi connectivity index (χ2v) is 6.25. The minimum Gasteiger partial charge on any atom is -0.323 e. The first kappa shape index (κ1) is 19.0. The van der Waals surface area contributed by atoms with E-state index in [-0.39, 0.29) is 42.8 Å². The normalized spacial score (nSPS) is 13.9. The lowest BCUT2D eigenvalue weighted by molar-refractivity contribution is -0.384. The molecule has 1 N–H and O–H groups in total. The van der Waals surface area contributed by atoms with E-state index in [1.807, 2.05) is 0 Å². The molecule has 0 bridgehead atoms. The van der Waals surface area contributed by atoms with Crippen molar-refractivity contribution < 1.29 is 19.3 Å². The summed E-state index contributed by atoms with van der Waals surface area (Å²) >= 11 is 0. The zero-order valence-corrected chi connectivity index (χ0v) is 14.8. The van der Waals surface area contributed by atoms with Gasteiger partial charge in [-0.25, -0.2) is 0 Å². The first-order chi connectivity index (χ1) is 13.4. The Balaban J connectivity index is 1.58. The number of likely N-dealkylation sites (tertiary alicyclic amines) is 1. The van der Waals surface area contributed by atoms with Crippen molar-refractivity contribution in [1.29, 1.82) is 0 Å². The molecule has 1 aliphatic rings. The summed E-state index contributed by atoms with van der Waals surface area (Å²) in [6, 6.07) is 12.8. The molecule has 0 atom stereocenters. The van der Waals surface area contributed by atoms with Gasteiger partial charge in [-0.15, -0.1) is 0 Å². The molecule has 2 aromatic carbocycles. The molecule has 142 valence electrons. The fourth-order valence-electron chi connectivity index (χ4n) is 2.77. The molecule has 0 saturated carbocycles. The molecule has 28 heavy (non-hydrogen) atoms. The Labute approximate surface area is 160 Å². The molecule has 8 heteroatoms. The molecule has 3 amide bonds. The van der Waals surface area contributed by atoms with E-state index in [4.69, 9.17) is 0 Å². The molecule has 0 unspecified atom stereocenters. The van der Waals surface area contributed by atoms with Crippen molar-refractivity contribution in [3.05, 3.63) is 75.8 Å². The molecular weight excluding hydrogens is 362 g/mol. The largest absolute Gasteiger partial charge is 0.323 e. The molecule has 1 fully saturated rings. The van der Waals surface area contributed by atoms with Crippen molar-refractivity contribution in [2.45, 2.75) is 19.4 Å². The Morgan fingerprint density at radius 3 is 2.43 bits per heavy atom. The van der Waals surface area contributed by atoms with Gasteiger partial charge in [0.25, 0.3) is 5.69 Å². The van der Waals surface area contributed by atoms with Gasteiger partial charge in [-0.1, -0.05) is 24.3 Å². The van der Waals surface area contributed by atoms with Crippen molar-refractivity contribution >= 4 is 35.2 Å². The Kier molecular flexibility index (Phi) is 5.59. The quantitative estimate of drug-likeness (QED) is 0.359. The van der Waals surface area contributed by atoms with Crippen molar-refractivity contribution in [2.24, 2.45) is 0 Å². The third-order valence-corrected chi connectivity index (χ3v) is 4.23. The van der Waals surface area contributed by atoms with E-state index in [9.17, 15) is 24.5 Å². The van der Waals surface area contributed by atoms with Gasteiger partial charge in [-0.2, -0.15) is 0 Å². The molecule has 0 aromatic heterocycles. The zero-order valence-electron chi connectivity index (χ0n) is 14.8. The summed E-state index contributed by atoms with van der Waals surface area (Å²) in [7, 11) is 0. The summed E-state index contributed by atoms with van der Waals surface area (Å²) in [5, 5.41) is 13.4. The van der Waals surface area contributed by atoms with Crippen LogP contribution in [0.2, 0.25) is 0 Å². The number of imide groups is 1. The van der Waals surface area contributed by atoms with E-state index in [2.05, 4.69) is 5.32 Å². The summed E-state index contributed by atoms with van der Waals surface area (Å²) < 4.78 is 0. The van der Waals surface area contributed by atoms with Crippen LogP contribution in [0.15, 0.2) is 54.6 Å². The smallest absolute Gasteiger partial charge is 0.270 e. The summed E-state index contributed by atoms with van der Waals surface area (Å²) in [5.74, 6) is -0.730. The summed E-state index contributed by atoms with van der Waals surface area (Å²) in [4.78, 5) is 46.8. The van der Waals surface area contributed by atoms with Crippen LogP contribution in [-0.4, -0.2) is 27.5 Å². The molecular formula is C20H17N3O5. The van der Waals surface area contributed by atoms with Crippen molar-refractivity contribution in [3.8, 4) is 0 Å². The number of benzene rings is 2. The van der Waals surface area contributed by atoms with Crippen LogP contribution in [0, 0.1) is 10.1 Å². The second-order valence-electron chi connectivity index (χ2n) is 6.25. The van der Waals surface area contributed by atoms with Crippen LogP contribution >= 0.6 is 0 Å². The summed E-state index contributed by atoms with van der Waals surface area (Å²) in [6.45, 7) is 0.221. The number of nitro groups is 1. The third-order valence-electron chi connectivity index (χ3n) is 4.23. The second kappa shape index (κ2) is 8.26. The van der Waals surface area contributed by atoms with E-state index in [1.54, 1.807) is 36.4 Å². The predicted octanol–water partition coefficient (Wildman–Crippen LogP) is 2.90. The monoisotopic (exact) mass is 379 g/mol. The van der Waals surface area contributed by atoms with E-state index in [1.165, 1.54) is 29.2 Å². The SMILES string of the molecule is O=C(C=Cc1cccc([N+](=O)[O-])c1)Nc1ccc(CN2C(=O)CCC2=O)cc1. The van der Waals surface area contributed by atoms with Crippen molar-refractivity contribution in [3.63, 3.8) is 0 Å². The van der Waals surface area contributed by atoms with Gasteiger partial charge in [-0.3, -0.25) is 29.4 Å². The molecule has 0 aliphatic carbocycles. The minimum absolute atomic E-state index is 0.0480. The van der Waals surface area contributed by atoms with Crippen molar-refractivity contribution in [1.82, 2.24) is 4.90 Å². The van der Waals surface area contributed by atoms with Gasteiger partial charge >= 0.3 is 0 Å². The van der Waals surface area contributed by atoms with Crippen LogP contribution in [-0.2, 0) is 20.9 Å². The van der Waals surface area contributed by atoms with Crippen LogP contribution in [0.25, 0.3) is 6.08 Å². The number of carbonyl (C=O) groups excluding carboxylic acids is 3. The predicted molar refractivity (Wildman–Crippen MR) is 102 cm³/mol. The number of hydrogen-bond donors (Lipinski definition) is 1. The highest BCUT2D eigenvalue weighted by atomic mass is 16.6. The third kappa shape index (κ3) is 4.67. The zero-order chi connectivity index (χ0) is 20.1. The maximum absolute atomic E-state index is 12.0. The maximum atomic E-state index is 12.0. The fraction of sp³-hybridized carbons (Fsp3) is 0.150. The number of rotatable bonds is 6. The molecule has 3 rings (SSSR count). The van der Waals surface area contributed by atoms with Gasteiger partial charge in [-0.05, 0) is 29.3 Å². The van der Waals surface area contributed by atoms with Gasteiger partial charge in [0.1, 0.15) is 0 Å². The molecule has 2 aromatic rings. The average Bonchev–Trinajstić information content (AvgIpc) is 3.00. The number of non-ortho nitro benzene ring substituents is 1. The Morgan fingerprint density at radius 2 is 1.79 bits per heavy atom. The number of nitrogens with zero attached hydrogens (tertiary/aromatic N) is 2. The lowest BCUT2D eigenvalue weighted by atomic mass is 10.2. The number of nitro benzene ring substituents is 1. The van der Waals surface area contributed by atoms with E-state index in [0.717, 1.165) is 5.56 Å². The van der Waals surface area contributed by atoms with Gasteiger partial charge < -0.3 is 5.32 Å². The van der Waals surface area contributed by atoms with Gasteiger partial charge in [0.05, 0.1) is 11.5 Å². The molecule has 1 heterocycles. The first-order valence-electron chi connectivity index (χ1n) is 8.58. The summed E-state index contributed by atoms with van der Waals surface area (Å²) in [5.41, 5.74) is 1.83. The van der Waals surface area contributed by atoms with Crippen molar-refractivity contribution in [2.75, 3.05) is 5.32 Å². The van der Waals surface area contributed by atoms with Crippen LogP contribution in [0.1, 0.15) is 24.0 Å². The maximum Gasteiger partial charge on any atom is 0.270 e. The summed E-state index contributed by atoms with van der Waals surface area (Å²) in [6.07, 6.45) is 3.28. The van der Waals surface area contributed by atoms with Gasteiger partial charge in [0.2, 0.25) is 17.7 Å². The molecule has 1 saturated heterocycles. The van der Waals surface area contributed by atoms with E-state index in [0.29, 0.717) is 11.3 Å². The van der Waals surface area contributed by atoms with Gasteiger partial charge in [0, 0.05) is 36.7 Å². The molecule has 8 nitrogen and oxygen atoms in total. The minimum atomic E-state index is -0.498. The molecule has 1 aliphatic heterocycles. The fourth-order valence-corrected chi connectivity index (χ4v) is 2.77. The lowest BCUT2D eigenvalue weighted by Gasteiger charge is -2.14. The Hall–Kier alpha value is -3.81. The van der Waals surface area contributed by atoms with E-state index < -0.39 is 4.92 Å². The highest BCUT2D eigenvalue weighted by molar-refractivity contribution is 6.02. The number of anilines is 1. The van der Waals surface area contributed by atoms with Crippen LogP contribution in [0.3, 0.4) is 0 Å². The first-order valence-corrected chi connectivity index (χ1v) is 8.58. The topological polar surface area (TPSA) is 110 Å². The number of carbonyl (C=O) groups is 3. The number of hydrogen-bond acceptors (Lipinski definition) is 5. The Bertz CT molecular complexity index is 950. The highest BCUT2D eigenvalue weighted by Crippen LogP contribution is 2.18. The molecule has 0 spiro atoms. The van der Waals surface area contributed by atoms with E-state index >= 15 is 0 Å².